The van der Waals surface area contributed by atoms with E-state index in [-0.39, 0.29) is 5.92 Å². The molecule has 0 saturated carbocycles. The van der Waals surface area contributed by atoms with E-state index in [9.17, 15) is 9.59 Å². The lowest BCUT2D eigenvalue weighted by molar-refractivity contribution is -0.128. The molecule has 0 fully saturated rings. The van der Waals surface area contributed by atoms with Gasteiger partial charge in [0, 0.05) is 0 Å². The first-order valence-electron chi connectivity index (χ1n) is 3.97. The summed E-state index contributed by atoms with van der Waals surface area (Å²) in [6.45, 7) is 6.86. The van der Waals surface area contributed by atoms with Gasteiger partial charge < -0.3 is 5.73 Å². The quantitative estimate of drug-likeness (QED) is 0.401. The fraction of sp³-hybridized carbons (Fsp3) is 0.500. The maximum atomic E-state index is 11.1. The van der Waals surface area contributed by atoms with E-state index in [2.05, 4.69) is 17.4 Å². The Morgan fingerprint density at radius 1 is 1.38 bits per heavy atom. The zero-order chi connectivity index (χ0) is 10.4. The summed E-state index contributed by atoms with van der Waals surface area (Å²) in [6.07, 6.45) is 1.06. The van der Waals surface area contributed by atoms with Gasteiger partial charge in [0.2, 0.25) is 0 Å². The molecule has 0 aromatic rings. The average Bonchev–Trinajstić information content (AvgIpc) is 2.11. The molecule has 0 aliphatic rings. The summed E-state index contributed by atoms with van der Waals surface area (Å²) in [4.78, 5) is 21.7. The minimum Gasteiger partial charge on any atom is -0.320 e. The van der Waals surface area contributed by atoms with Crippen LogP contribution in [-0.4, -0.2) is 17.9 Å². The Kier molecular flexibility index (Phi) is 4.76. The van der Waals surface area contributed by atoms with E-state index in [0.717, 1.165) is 6.08 Å². The largest absolute Gasteiger partial charge is 0.320 e. The summed E-state index contributed by atoms with van der Waals surface area (Å²) in [5.41, 5.74) is 9.81. The Hall–Kier alpha value is -1.36. The van der Waals surface area contributed by atoms with Crippen molar-refractivity contribution in [2.45, 2.75) is 19.9 Å². The maximum Gasteiger partial charge on any atom is 0.261 e. The number of carbonyl (C=O) groups excluding carboxylic acids is 2. The molecule has 0 aromatic carbocycles. The lowest BCUT2D eigenvalue weighted by Crippen LogP contribution is -2.50. The number of hydrazine groups is 1. The molecule has 74 valence electrons. The SMILES string of the molecule is C=CC(=O)NNC(=O)[C@@H](N)C(C)C. The minimum absolute atomic E-state index is 0.0284. The van der Waals surface area contributed by atoms with Gasteiger partial charge in [0.25, 0.3) is 11.8 Å². The second-order valence-corrected chi connectivity index (χ2v) is 2.95. The van der Waals surface area contributed by atoms with Crippen LogP contribution in [0.1, 0.15) is 13.8 Å². The van der Waals surface area contributed by atoms with E-state index < -0.39 is 17.9 Å². The molecular weight excluding hydrogens is 170 g/mol. The molecule has 0 radical (unpaired) electrons. The van der Waals surface area contributed by atoms with E-state index in [4.69, 9.17) is 5.73 Å². The highest BCUT2D eigenvalue weighted by molar-refractivity contribution is 5.90. The summed E-state index contributed by atoms with van der Waals surface area (Å²) >= 11 is 0. The van der Waals surface area contributed by atoms with Gasteiger partial charge in [-0.15, -0.1) is 0 Å². The molecule has 5 nitrogen and oxygen atoms in total. The molecule has 0 heterocycles. The lowest BCUT2D eigenvalue weighted by atomic mass is 10.1. The van der Waals surface area contributed by atoms with Crippen LogP contribution in [0, 0.1) is 5.92 Å². The second kappa shape index (κ2) is 5.31. The molecule has 0 aliphatic heterocycles. The van der Waals surface area contributed by atoms with Crippen molar-refractivity contribution in [1.82, 2.24) is 10.9 Å². The molecule has 0 unspecified atom stereocenters. The van der Waals surface area contributed by atoms with Gasteiger partial charge in [-0.1, -0.05) is 20.4 Å². The van der Waals surface area contributed by atoms with Crippen molar-refractivity contribution in [2.24, 2.45) is 11.7 Å². The highest BCUT2D eigenvalue weighted by Gasteiger charge is 2.16. The third-order valence-electron chi connectivity index (χ3n) is 1.52. The molecule has 1 atom stereocenters. The highest BCUT2D eigenvalue weighted by Crippen LogP contribution is 1.96. The Balaban J connectivity index is 3.87. The highest BCUT2D eigenvalue weighted by atomic mass is 16.2. The normalized spacial score (nSPS) is 12.0. The Morgan fingerprint density at radius 2 is 1.92 bits per heavy atom. The third kappa shape index (κ3) is 4.27. The summed E-state index contributed by atoms with van der Waals surface area (Å²) in [6, 6.07) is -0.620. The minimum atomic E-state index is -0.620. The van der Waals surface area contributed by atoms with E-state index >= 15 is 0 Å². The van der Waals surface area contributed by atoms with Gasteiger partial charge in [-0.2, -0.15) is 0 Å². The molecule has 0 spiro atoms. The Labute approximate surface area is 77.3 Å². The summed E-state index contributed by atoms with van der Waals surface area (Å²) in [5.74, 6) is -0.852. The molecule has 4 N–H and O–H groups in total. The monoisotopic (exact) mass is 185 g/mol. The van der Waals surface area contributed by atoms with Crippen LogP contribution >= 0.6 is 0 Å². The van der Waals surface area contributed by atoms with Gasteiger partial charge in [-0.05, 0) is 12.0 Å². The van der Waals surface area contributed by atoms with Gasteiger partial charge in [-0.3, -0.25) is 20.4 Å². The molecule has 2 amide bonds. The van der Waals surface area contributed by atoms with Crippen molar-refractivity contribution >= 4 is 11.8 Å². The zero-order valence-corrected chi connectivity index (χ0v) is 7.83. The number of rotatable bonds is 3. The Bertz CT molecular complexity index is 213. The number of hydrogen-bond donors (Lipinski definition) is 3. The fourth-order valence-electron chi connectivity index (χ4n) is 0.560. The van der Waals surface area contributed by atoms with E-state index in [1.165, 1.54) is 0 Å². The summed E-state index contributed by atoms with van der Waals surface area (Å²) in [5, 5.41) is 0. The zero-order valence-electron chi connectivity index (χ0n) is 7.83. The molecule has 0 rings (SSSR count). The molecule has 0 aromatic heterocycles. The van der Waals surface area contributed by atoms with Gasteiger partial charge in [0.15, 0.2) is 0 Å². The predicted molar refractivity (Wildman–Crippen MR) is 49.3 cm³/mol. The maximum absolute atomic E-state index is 11.1. The average molecular weight is 185 g/mol. The van der Waals surface area contributed by atoms with Crippen LogP contribution in [-0.2, 0) is 9.59 Å². The van der Waals surface area contributed by atoms with Crippen LogP contribution in [0.3, 0.4) is 0 Å². The molecule has 13 heavy (non-hydrogen) atoms. The molecule has 5 heteroatoms. The van der Waals surface area contributed by atoms with Crippen LogP contribution in [0.2, 0.25) is 0 Å². The fourth-order valence-corrected chi connectivity index (χ4v) is 0.560. The molecular formula is C8H15N3O2. The van der Waals surface area contributed by atoms with Crippen LogP contribution < -0.4 is 16.6 Å². The molecule has 0 aliphatic carbocycles. The Morgan fingerprint density at radius 3 is 2.31 bits per heavy atom. The van der Waals surface area contributed by atoms with E-state index in [0.29, 0.717) is 0 Å². The number of nitrogens with one attached hydrogen (secondary N) is 2. The van der Waals surface area contributed by atoms with Gasteiger partial charge in [-0.25, -0.2) is 0 Å². The predicted octanol–water partition coefficient (Wildman–Crippen LogP) is -0.697. The van der Waals surface area contributed by atoms with Crippen molar-refractivity contribution in [1.29, 1.82) is 0 Å². The van der Waals surface area contributed by atoms with Crippen LogP contribution in [0.25, 0.3) is 0 Å². The van der Waals surface area contributed by atoms with Crippen LogP contribution in [0.4, 0.5) is 0 Å². The van der Waals surface area contributed by atoms with E-state index in [1.54, 1.807) is 0 Å². The lowest BCUT2D eigenvalue weighted by Gasteiger charge is -2.14. The number of amides is 2. The van der Waals surface area contributed by atoms with Crippen molar-refractivity contribution in [2.75, 3.05) is 0 Å². The first kappa shape index (κ1) is 11.6. The molecule has 0 saturated heterocycles. The van der Waals surface area contributed by atoms with Gasteiger partial charge in [0.05, 0.1) is 6.04 Å². The standard InChI is InChI=1S/C8H15N3O2/c1-4-6(12)10-11-8(13)7(9)5(2)3/h4-5,7H,1,9H2,2-3H3,(H,10,12)(H,11,13)/t7-/m0/s1. The summed E-state index contributed by atoms with van der Waals surface area (Å²) in [7, 11) is 0. The van der Waals surface area contributed by atoms with E-state index in [1.807, 2.05) is 13.8 Å². The van der Waals surface area contributed by atoms with Gasteiger partial charge >= 0.3 is 0 Å². The number of hydrogen-bond acceptors (Lipinski definition) is 3. The second-order valence-electron chi connectivity index (χ2n) is 2.95. The van der Waals surface area contributed by atoms with Crippen molar-refractivity contribution in [3.63, 3.8) is 0 Å². The van der Waals surface area contributed by atoms with Crippen molar-refractivity contribution in [3.05, 3.63) is 12.7 Å². The summed E-state index contributed by atoms with van der Waals surface area (Å²) < 4.78 is 0. The van der Waals surface area contributed by atoms with Crippen LogP contribution in [0.5, 0.6) is 0 Å². The smallest absolute Gasteiger partial charge is 0.261 e. The van der Waals surface area contributed by atoms with Crippen molar-refractivity contribution in [3.8, 4) is 0 Å². The first-order chi connectivity index (χ1) is 5.99. The first-order valence-corrected chi connectivity index (χ1v) is 3.97. The van der Waals surface area contributed by atoms with Crippen molar-refractivity contribution < 1.29 is 9.59 Å². The number of nitrogens with two attached hydrogens (primary N) is 1. The van der Waals surface area contributed by atoms with Gasteiger partial charge in [0.1, 0.15) is 0 Å². The molecule has 0 bridgehead atoms. The number of carbonyl (C=O) groups is 2. The third-order valence-corrected chi connectivity index (χ3v) is 1.52. The topological polar surface area (TPSA) is 84.2 Å². The van der Waals surface area contributed by atoms with Crippen LogP contribution in [0.15, 0.2) is 12.7 Å².